The van der Waals surface area contributed by atoms with E-state index in [1.54, 1.807) is 6.07 Å². The van der Waals surface area contributed by atoms with Gasteiger partial charge < -0.3 is 16.0 Å². The number of halogens is 3. The van der Waals surface area contributed by atoms with Crippen LogP contribution in [0.25, 0.3) is 0 Å². The third-order valence-corrected chi connectivity index (χ3v) is 6.01. The highest BCUT2D eigenvalue weighted by molar-refractivity contribution is 6.04. The van der Waals surface area contributed by atoms with Gasteiger partial charge in [0.1, 0.15) is 5.82 Å². The van der Waals surface area contributed by atoms with Crippen molar-refractivity contribution < 1.29 is 18.0 Å². The predicted molar refractivity (Wildman–Crippen MR) is 133 cm³/mol. The summed E-state index contributed by atoms with van der Waals surface area (Å²) in [6.45, 7) is 6.21. The Hall–Kier alpha value is -4.01. The first kappa shape index (κ1) is 26.1. The van der Waals surface area contributed by atoms with E-state index in [0.717, 1.165) is 25.7 Å². The van der Waals surface area contributed by atoms with Crippen LogP contribution in [0.4, 0.5) is 24.9 Å². The summed E-state index contributed by atoms with van der Waals surface area (Å²) in [6.07, 6.45) is -0.184. The van der Waals surface area contributed by atoms with Crippen LogP contribution in [0.2, 0.25) is 0 Å². The lowest BCUT2D eigenvalue weighted by molar-refractivity contribution is -0.138. The summed E-state index contributed by atoms with van der Waals surface area (Å²) < 4.78 is 41.7. The molecule has 8 nitrogen and oxygen atoms in total. The maximum Gasteiger partial charge on any atom is 0.416 e. The number of piperazine rings is 1. The first-order chi connectivity index (χ1) is 17.7. The van der Waals surface area contributed by atoms with Gasteiger partial charge in [0, 0.05) is 62.4 Å². The molecule has 4 rings (SSSR count). The van der Waals surface area contributed by atoms with Gasteiger partial charge in [-0.15, -0.1) is 0 Å². The number of carbonyl (C=O) groups excluding carboxylic acids is 1. The van der Waals surface area contributed by atoms with E-state index in [4.69, 9.17) is 5.73 Å². The van der Waals surface area contributed by atoms with Crippen LogP contribution in [0, 0.1) is 11.8 Å². The Morgan fingerprint density at radius 3 is 2.35 bits per heavy atom. The molecular formula is C26H26F3N7O. The first-order valence-electron chi connectivity index (χ1n) is 11.7. The zero-order valence-electron chi connectivity index (χ0n) is 20.2. The molecule has 2 aromatic heterocycles. The lowest BCUT2D eigenvalue weighted by Crippen LogP contribution is -2.45. The van der Waals surface area contributed by atoms with Gasteiger partial charge in [-0.1, -0.05) is 24.8 Å². The van der Waals surface area contributed by atoms with Gasteiger partial charge >= 0.3 is 6.18 Å². The molecule has 0 spiro atoms. The van der Waals surface area contributed by atoms with Gasteiger partial charge in [-0.25, -0.2) is 15.0 Å². The quantitative estimate of drug-likeness (QED) is 0.510. The van der Waals surface area contributed by atoms with Crippen molar-refractivity contribution in [3.63, 3.8) is 0 Å². The minimum absolute atomic E-state index is 0.107. The number of nitrogens with zero attached hydrogens (tertiary/aromatic N) is 5. The van der Waals surface area contributed by atoms with Gasteiger partial charge in [0.15, 0.2) is 0 Å². The highest BCUT2D eigenvalue weighted by atomic mass is 19.4. The number of hydrogen-bond donors (Lipinski definition) is 2. The number of aromatic nitrogens is 3. The zero-order chi connectivity index (χ0) is 26.4. The van der Waals surface area contributed by atoms with Crippen molar-refractivity contribution in [3.05, 3.63) is 76.7 Å². The lowest BCUT2D eigenvalue weighted by Gasteiger charge is -2.34. The molecule has 37 heavy (non-hydrogen) atoms. The molecule has 11 heteroatoms. The molecule has 3 N–H and O–H groups in total. The monoisotopic (exact) mass is 509 g/mol. The maximum absolute atomic E-state index is 13.9. The molecule has 0 unspecified atom stereocenters. The molecule has 3 aromatic rings. The summed E-state index contributed by atoms with van der Waals surface area (Å²) in [6, 6.07) is 6.86. The molecule has 0 bridgehead atoms. The van der Waals surface area contributed by atoms with Crippen molar-refractivity contribution in [2.45, 2.75) is 19.6 Å². The fraction of sp³-hybridized carbons (Fsp3) is 0.308. The molecule has 1 amide bonds. The van der Waals surface area contributed by atoms with Crippen molar-refractivity contribution in [2.75, 3.05) is 43.8 Å². The van der Waals surface area contributed by atoms with Crippen LogP contribution in [-0.4, -0.2) is 63.4 Å². The summed E-state index contributed by atoms with van der Waals surface area (Å²) in [7, 11) is 0. The molecule has 192 valence electrons. The first-order valence-corrected chi connectivity index (χ1v) is 11.7. The van der Waals surface area contributed by atoms with E-state index in [1.165, 1.54) is 36.8 Å². The Bertz CT molecular complexity index is 1310. The van der Waals surface area contributed by atoms with Crippen LogP contribution in [-0.2, 0) is 12.7 Å². The number of carbonyl (C=O) groups is 1. The second-order valence-electron chi connectivity index (χ2n) is 8.54. The Labute approximate surface area is 212 Å². The van der Waals surface area contributed by atoms with E-state index in [1.807, 2.05) is 4.90 Å². The smallest absolute Gasteiger partial charge is 0.368 e. The molecular weight excluding hydrogens is 483 g/mol. The molecule has 1 fully saturated rings. The summed E-state index contributed by atoms with van der Waals surface area (Å²) in [5, 5.41) is 2.55. The van der Waals surface area contributed by atoms with Crippen LogP contribution in [0.3, 0.4) is 0 Å². The van der Waals surface area contributed by atoms with Gasteiger partial charge in [0.05, 0.1) is 11.1 Å². The minimum atomic E-state index is -4.59. The van der Waals surface area contributed by atoms with Crippen molar-refractivity contribution in [2.24, 2.45) is 0 Å². The maximum atomic E-state index is 13.9. The van der Waals surface area contributed by atoms with Crippen molar-refractivity contribution in [1.29, 1.82) is 0 Å². The fourth-order valence-corrected chi connectivity index (χ4v) is 3.94. The molecule has 0 aliphatic carbocycles. The number of anilines is 2. The number of rotatable bonds is 5. The van der Waals surface area contributed by atoms with E-state index >= 15 is 0 Å². The van der Waals surface area contributed by atoms with E-state index in [0.29, 0.717) is 24.2 Å². The number of amides is 1. The average molecular weight is 510 g/mol. The third-order valence-electron chi connectivity index (χ3n) is 6.01. The van der Waals surface area contributed by atoms with E-state index in [9.17, 15) is 18.0 Å². The molecule has 0 atom stereocenters. The number of likely N-dealkylation sites (N-methyl/N-ethyl adjacent to an activating group) is 1. The Morgan fingerprint density at radius 2 is 1.68 bits per heavy atom. The van der Waals surface area contributed by atoms with Crippen LogP contribution in [0.15, 0.2) is 48.9 Å². The average Bonchev–Trinajstić information content (AvgIpc) is 2.88. The molecule has 1 saturated heterocycles. The van der Waals surface area contributed by atoms with Gasteiger partial charge in [-0.3, -0.25) is 9.69 Å². The number of alkyl halides is 3. The number of pyridine rings is 1. The number of nitrogens with one attached hydrogen (secondary N) is 1. The number of hydrogen-bond acceptors (Lipinski definition) is 7. The lowest BCUT2D eigenvalue weighted by atomic mass is 10.0. The van der Waals surface area contributed by atoms with E-state index in [-0.39, 0.29) is 29.4 Å². The van der Waals surface area contributed by atoms with Crippen molar-refractivity contribution in [1.82, 2.24) is 24.8 Å². The van der Waals surface area contributed by atoms with E-state index in [2.05, 4.69) is 43.9 Å². The largest absolute Gasteiger partial charge is 0.416 e. The normalized spacial score (nSPS) is 14.6. The van der Waals surface area contributed by atoms with Gasteiger partial charge in [0.25, 0.3) is 5.91 Å². The Morgan fingerprint density at radius 1 is 1.00 bits per heavy atom. The standard InChI is InChI=1S/C26H26F3N7O/c1-2-35-9-11-36(12-10-35)17-21-6-5-20(14-22(21)26(27,28)29)24(37)34-23-13-18(7-8-31-23)3-4-19-15-32-25(30)33-16-19/h5-8,13-16H,2,9-12,17H2,1H3,(H2,30,32,33)(H,31,34,37). The molecule has 0 radical (unpaired) electrons. The van der Waals surface area contributed by atoms with E-state index < -0.39 is 17.6 Å². The molecule has 1 aromatic carbocycles. The third kappa shape index (κ3) is 7.03. The Balaban J connectivity index is 1.48. The summed E-state index contributed by atoms with van der Waals surface area (Å²) in [5.74, 6) is 5.37. The molecule has 1 aliphatic heterocycles. The SMILES string of the molecule is CCN1CCN(Cc2ccc(C(=O)Nc3cc(C#Cc4cnc(N)nc4)ccn3)cc2C(F)(F)F)CC1. The molecule has 3 heterocycles. The van der Waals surface area contributed by atoms with Gasteiger partial charge in [0.2, 0.25) is 5.95 Å². The number of benzene rings is 1. The van der Waals surface area contributed by atoms with Crippen molar-refractivity contribution in [3.8, 4) is 11.8 Å². The van der Waals surface area contributed by atoms with Gasteiger partial charge in [-0.05, 0) is 36.4 Å². The second kappa shape index (κ2) is 11.4. The highest BCUT2D eigenvalue weighted by Crippen LogP contribution is 2.33. The zero-order valence-corrected chi connectivity index (χ0v) is 20.2. The topological polar surface area (TPSA) is 100 Å². The molecule has 0 saturated carbocycles. The molecule has 1 aliphatic rings. The predicted octanol–water partition coefficient (Wildman–Crippen LogP) is 3.26. The number of nitrogen functional groups attached to an aromatic ring is 1. The summed E-state index contributed by atoms with van der Waals surface area (Å²) in [4.78, 5) is 28.9. The highest BCUT2D eigenvalue weighted by Gasteiger charge is 2.34. The second-order valence-corrected chi connectivity index (χ2v) is 8.54. The number of nitrogens with two attached hydrogens (primary N) is 1. The van der Waals surface area contributed by atoms with Gasteiger partial charge in [-0.2, -0.15) is 13.2 Å². The Kier molecular flexibility index (Phi) is 8.01. The summed E-state index contributed by atoms with van der Waals surface area (Å²) >= 11 is 0. The van der Waals surface area contributed by atoms with Crippen molar-refractivity contribution >= 4 is 17.7 Å². The minimum Gasteiger partial charge on any atom is -0.368 e. The fourth-order valence-electron chi connectivity index (χ4n) is 3.94. The van der Waals surface area contributed by atoms with Crippen LogP contribution < -0.4 is 11.1 Å². The van der Waals surface area contributed by atoms with Crippen LogP contribution in [0.1, 0.15) is 39.5 Å². The van der Waals surface area contributed by atoms with Crippen LogP contribution in [0.5, 0.6) is 0 Å². The van der Waals surface area contributed by atoms with Crippen LogP contribution >= 0.6 is 0 Å². The summed E-state index contributed by atoms with van der Waals surface area (Å²) in [5.41, 5.74) is 5.77.